The van der Waals surface area contributed by atoms with E-state index in [1.807, 2.05) is 11.3 Å². The summed E-state index contributed by atoms with van der Waals surface area (Å²) in [6.07, 6.45) is 0. The predicted molar refractivity (Wildman–Crippen MR) is 186 cm³/mol. The normalized spacial score (nSPS) is 12.2. The fourth-order valence-corrected chi connectivity index (χ4v) is 8.48. The van der Waals surface area contributed by atoms with Crippen LogP contribution in [0.4, 0.5) is 0 Å². The molecule has 200 valence electrons. The molecule has 0 radical (unpaired) electrons. The minimum atomic E-state index is 1.18. The number of hydrogen-bond donors (Lipinski definition) is 0. The van der Waals surface area contributed by atoms with Gasteiger partial charge in [-0.2, -0.15) is 0 Å². The summed E-state index contributed by atoms with van der Waals surface area (Å²) in [7, 11) is 0. The van der Waals surface area contributed by atoms with Crippen LogP contribution in [0.25, 0.3) is 85.9 Å². The largest absolute Gasteiger partial charge is 0.308 e. The summed E-state index contributed by atoms with van der Waals surface area (Å²) in [6, 6.07) is 53.3. The molecule has 3 heteroatoms. The Kier molecular flexibility index (Phi) is 4.63. The van der Waals surface area contributed by atoms with Crippen LogP contribution >= 0.6 is 11.3 Å². The minimum absolute atomic E-state index is 1.18. The third kappa shape index (κ3) is 3.07. The van der Waals surface area contributed by atoms with Gasteiger partial charge in [-0.15, -0.1) is 11.3 Å². The second kappa shape index (κ2) is 8.57. The number of thiophene rings is 1. The third-order valence-corrected chi connectivity index (χ3v) is 10.2. The van der Waals surface area contributed by atoms with Crippen molar-refractivity contribution in [2.45, 2.75) is 0 Å². The maximum Gasteiger partial charge on any atom is 0.0641 e. The Hall–Kier alpha value is -5.38. The molecule has 0 spiro atoms. The number of aromatic nitrogens is 2. The molecule has 0 aliphatic carbocycles. The molecule has 3 heterocycles. The van der Waals surface area contributed by atoms with Crippen molar-refractivity contribution in [2.75, 3.05) is 0 Å². The van der Waals surface area contributed by atoms with Gasteiger partial charge in [0.05, 0.1) is 27.8 Å². The first kappa shape index (κ1) is 23.2. The number of rotatable bonds is 2. The van der Waals surface area contributed by atoms with E-state index in [1.165, 1.54) is 85.9 Å². The summed E-state index contributed by atoms with van der Waals surface area (Å²) in [5.74, 6) is 0. The van der Waals surface area contributed by atoms with Crippen molar-refractivity contribution in [1.82, 2.24) is 9.13 Å². The van der Waals surface area contributed by atoms with Gasteiger partial charge in [0.2, 0.25) is 0 Å². The number of benzene rings is 7. The predicted octanol–water partition coefficient (Wildman–Crippen LogP) is 11.4. The van der Waals surface area contributed by atoms with Crippen LogP contribution in [0.2, 0.25) is 0 Å². The van der Waals surface area contributed by atoms with E-state index in [4.69, 9.17) is 0 Å². The molecular formula is C40H24N2S. The zero-order valence-corrected chi connectivity index (χ0v) is 24.0. The lowest BCUT2D eigenvalue weighted by Gasteiger charge is -2.12. The third-order valence-electron chi connectivity index (χ3n) is 9.08. The van der Waals surface area contributed by atoms with Gasteiger partial charge in [0, 0.05) is 52.8 Å². The van der Waals surface area contributed by atoms with E-state index in [-0.39, 0.29) is 0 Å². The topological polar surface area (TPSA) is 9.86 Å². The van der Waals surface area contributed by atoms with Gasteiger partial charge in [-0.25, -0.2) is 0 Å². The molecule has 10 aromatic rings. The molecule has 0 amide bonds. The van der Waals surface area contributed by atoms with Crippen molar-refractivity contribution >= 4 is 85.9 Å². The van der Waals surface area contributed by atoms with Gasteiger partial charge in [0.15, 0.2) is 0 Å². The highest BCUT2D eigenvalue weighted by atomic mass is 32.1. The van der Waals surface area contributed by atoms with Gasteiger partial charge in [0.25, 0.3) is 0 Å². The molecule has 0 saturated carbocycles. The Bertz CT molecular complexity index is 2720. The fourth-order valence-electron chi connectivity index (χ4n) is 7.35. The highest BCUT2D eigenvalue weighted by Gasteiger charge is 2.23. The summed E-state index contributed by atoms with van der Waals surface area (Å²) >= 11 is 1.87. The molecule has 0 atom stereocenters. The molecular weight excluding hydrogens is 541 g/mol. The van der Waals surface area contributed by atoms with Crippen LogP contribution in [0.1, 0.15) is 0 Å². The quantitative estimate of drug-likeness (QED) is 0.198. The molecule has 43 heavy (non-hydrogen) atoms. The van der Waals surface area contributed by atoms with Gasteiger partial charge in [0.1, 0.15) is 0 Å². The highest BCUT2D eigenvalue weighted by Crippen LogP contribution is 2.45. The van der Waals surface area contributed by atoms with Gasteiger partial charge in [-0.3, -0.25) is 0 Å². The lowest BCUT2D eigenvalue weighted by Crippen LogP contribution is -1.96. The average molecular weight is 565 g/mol. The molecule has 7 aromatic carbocycles. The van der Waals surface area contributed by atoms with Crippen LogP contribution in [-0.4, -0.2) is 9.13 Å². The van der Waals surface area contributed by atoms with Crippen molar-refractivity contribution in [2.24, 2.45) is 0 Å². The number of fused-ring (bicyclic) bond motifs is 12. The molecule has 0 aliphatic rings. The second-order valence-electron chi connectivity index (χ2n) is 11.3. The Morgan fingerprint density at radius 2 is 1.07 bits per heavy atom. The zero-order valence-electron chi connectivity index (χ0n) is 23.2. The summed E-state index contributed by atoms with van der Waals surface area (Å²) in [5, 5.41) is 10.3. The first-order valence-electron chi connectivity index (χ1n) is 14.7. The van der Waals surface area contributed by atoms with Gasteiger partial charge in [-0.05, 0) is 47.9 Å². The SMILES string of the molecule is c1ccc(-n2c3c4ccccc4ccc3c3ccc4c(c5ccccc5n4-c4cccc5sc6ccccc6c45)c32)cc1. The van der Waals surface area contributed by atoms with Crippen LogP contribution in [0.5, 0.6) is 0 Å². The Balaban J connectivity index is 1.46. The molecule has 0 bridgehead atoms. The maximum absolute atomic E-state index is 2.51. The number of hydrogen-bond acceptors (Lipinski definition) is 1. The standard InChI is InChI=1S/C40H24N2S/c1-2-12-26(13-3-1)41-39-27-14-5-4-11-25(27)21-22-28(39)29-23-24-34-38(40(29)41)30-15-6-8-17-32(30)42(34)33-18-10-20-36-37(33)31-16-7-9-19-35(31)43-36/h1-24H. The van der Waals surface area contributed by atoms with Gasteiger partial charge >= 0.3 is 0 Å². The monoisotopic (exact) mass is 564 g/mol. The second-order valence-corrected chi connectivity index (χ2v) is 12.4. The Morgan fingerprint density at radius 1 is 0.372 bits per heavy atom. The lowest BCUT2D eigenvalue weighted by molar-refractivity contribution is 1.19. The first-order chi connectivity index (χ1) is 21.4. The van der Waals surface area contributed by atoms with Crippen LogP contribution in [-0.2, 0) is 0 Å². The number of para-hydroxylation sites is 2. The molecule has 2 nitrogen and oxygen atoms in total. The van der Waals surface area contributed by atoms with Crippen LogP contribution in [0, 0.1) is 0 Å². The zero-order chi connectivity index (χ0) is 28.1. The van der Waals surface area contributed by atoms with E-state index in [0.717, 1.165) is 0 Å². The van der Waals surface area contributed by atoms with E-state index in [1.54, 1.807) is 0 Å². The first-order valence-corrected chi connectivity index (χ1v) is 15.5. The average Bonchev–Trinajstić information content (AvgIpc) is 3.73. The summed E-state index contributed by atoms with van der Waals surface area (Å²) in [4.78, 5) is 0. The molecule has 0 fully saturated rings. The van der Waals surface area contributed by atoms with Crippen molar-refractivity contribution in [3.8, 4) is 11.4 Å². The van der Waals surface area contributed by atoms with Crippen LogP contribution in [0.3, 0.4) is 0 Å². The highest BCUT2D eigenvalue weighted by molar-refractivity contribution is 7.25. The van der Waals surface area contributed by atoms with Crippen molar-refractivity contribution in [3.63, 3.8) is 0 Å². The molecule has 0 unspecified atom stereocenters. The number of nitrogens with zero attached hydrogens (tertiary/aromatic N) is 2. The van der Waals surface area contributed by atoms with E-state index in [9.17, 15) is 0 Å². The fraction of sp³-hybridized carbons (Fsp3) is 0. The molecule has 0 saturated heterocycles. The summed E-state index contributed by atoms with van der Waals surface area (Å²) in [5.41, 5.74) is 7.37. The smallest absolute Gasteiger partial charge is 0.0641 e. The molecule has 10 rings (SSSR count). The van der Waals surface area contributed by atoms with Crippen molar-refractivity contribution < 1.29 is 0 Å². The van der Waals surface area contributed by atoms with E-state index < -0.39 is 0 Å². The lowest BCUT2D eigenvalue weighted by atomic mass is 10.0. The molecule has 0 aliphatic heterocycles. The Labute approximate surface area is 251 Å². The van der Waals surface area contributed by atoms with E-state index in [2.05, 4.69) is 155 Å². The van der Waals surface area contributed by atoms with Crippen molar-refractivity contribution in [1.29, 1.82) is 0 Å². The van der Waals surface area contributed by atoms with Gasteiger partial charge < -0.3 is 9.13 Å². The van der Waals surface area contributed by atoms with Crippen molar-refractivity contribution in [3.05, 3.63) is 146 Å². The molecule has 3 aromatic heterocycles. The van der Waals surface area contributed by atoms with Crippen LogP contribution in [0.15, 0.2) is 146 Å². The van der Waals surface area contributed by atoms with Gasteiger partial charge in [-0.1, -0.05) is 103 Å². The summed E-state index contributed by atoms with van der Waals surface area (Å²) in [6.45, 7) is 0. The van der Waals surface area contributed by atoms with E-state index >= 15 is 0 Å². The Morgan fingerprint density at radius 3 is 1.98 bits per heavy atom. The maximum atomic E-state index is 2.51. The molecule has 0 N–H and O–H groups in total. The summed E-state index contributed by atoms with van der Waals surface area (Å²) < 4.78 is 7.64. The van der Waals surface area contributed by atoms with Crippen LogP contribution < -0.4 is 0 Å². The van der Waals surface area contributed by atoms with E-state index in [0.29, 0.717) is 0 Å². The minimum Gasteiger partial charge on any atom is -0.308 e.